The molecule has 0 aliphatic carbocycles. The van der Waals surface area contributed by atoms with E-state index in [0.717, 1.165) is 5.69 Å². The smallest absolute Gasteiger partial charge is 0.169 e. The van der Waals surface area contributed by atoms with Gasteiger partial charge in [-0.05, 0) is 24.3 Å². The van der Waals surface area contributed by atoms with Crippen molar-refractivity contribution in [3.05, 3.63) is 42.0 Å². The molecule has 1 aromatic carbocycles. The zero-order valence-electron chi connectivity index (χ0n) is 10.6. The van der Waals surface area contributed by atoms with E-state index in [1.54, 1.807) is 12.1 Å². The lowest BCUT2D eigenvalue weighted by molar-refractivity contribution is 0.581. The Balaban J connectivity index is 2.24. The quantitative estimate of drug-likeness (QED) is 0.895. The van der Waals surface area contributed by atoms with Gasteiger partial charge in [0.05, 0.1) is 0 Å². The Kier molecular flexibility index (Phi) is 3.50. The summed E-state index contributed by atoms with van der Waals surface area (Å²) in [5.41, 5.74) is 6.96. The second-order valence-corrected chi connectivity index (χ2v) is 4.25. The minimum Gasteiger partial charge on any atom is -0.381 e. The molecule has 0 aliphatic rings. The molecule has 2 aromatic rings. The lowest BCUT2D eigenvalue weighted by atomic mass is 10.2. The molecule has 0 saturated heterocycles. The van der Waals surface area contributed by atoms with Crippen LogP contribution in [0.2, 0.25) is 0 Å². The van der Waals surface area contributed by atoms with Gasteiger partial charge in [-0.1, -0.05) is 0 Å². The maximum Gasteiger partial charge on any atom is 0.169 e. The van der Waals surface area contributed by atoms with Crippen molar-refractivity contribution in [2.24, 2.45) is 0 Å². The van der Waals surface area contributed by atoms with E-state index in [1.165, 1.54) is 0 Å². The molecule has 1 aromatic heterocycles. The second-order valence-electron chi connectivity index (χ2n) is 4.25. The van der Waals surface area contributed by atoms with Gasteiger partial charge in [0.2, 0.25) is 0 Å². The summed E-state index contributed by atoms with van der Waals surface area (Å²) in [6.45, 7) is 0. The molecule has 0 bridgehead atoms. The van der Waals surface area contributed by atoms with Crippen molar-refractivity contribution in [1.82, 2.24) is 4.98 Å². The monoisotopic (exact) mass is 264 g/mol. The molecule has 4 nitrogen and oxygen atoms in total. The summed E-state index contributed by atoms with van der Waals surface area (Å²) < 4.78 is 26.5. The molecule has 100 valence electrons. The first-order chi connectivity index (χ1) is 8.97. The summed E-state index contributed by atoms with van der Waals surface area (Å²) in [5, 5.41) is 2.76. The van der Waals surface area contributed by atoms with Crippen molar-refractivity contribution in [3.8, 4) is 0 Å². The number of rotatable bonds is 3. The van der Waals surface area contributed by atoms with Gasteiger partial charge in [0.15, 0.2) is 23.3 Å². The van der Waals surface area contributed by atoms with E-state index < -0.39 is 11.6 Å². The zero-order valence-corrected chi connectivity index (χ0v) is 10.6. The molecular formula is C13H14F2N4. The molecule has 3 N–H and O–H groups in total. The minimum atomic E-state index is -0.869. The van der Waals surface area contributed by atoms with Crippen LogP contribution in [0.5, 0.6) is 0 Å². The number of anilines is 4. The van der Waals surface area contributed by atoms with Crippen LogP contribution in [0.1, 0.15) is 0 Å². The number of nitrogens with zero attached hydrogens (tertiary/aromatic N) is 2. The van der Waals surface area contributed by atoms with Crippen molar-refractivity contribution in [2.45, 2.75) is 0 Å². The summed E-state index contributed by atoms with van der Waals surface area (Å²) >= 11 is 0. The van der Waals surface area contributed by atoms with Crippen LogP contribution in [0.3, 0.4) is 0 Å². The fourth-order valence-electron chi connectivity index (χ4n) is 1.55. The Morgan fingerprint density at radius 2 is 1.74 bits per heavy atom. The largest absolute Gasteiger partial charge is 0.381 e. The SMILES string of the molecule is CN(C)c1ccc(Nc2nc(N)c(F)cc2F)cc1. The standard InChI is InChI=1S/C13H14F2N4/c1-19(2)9-5-3-8(4-6-9)17-13-11(15)7-10(14)12(16)18-13/h3-7H,1-2H3,(H3,16,17,18). The highest BCUT2D eigenvalue weighted by atomic mass is 19.1. The van der Waals surface area contributed by atoms with E-state index in [9.17, 15) is 8.78 Å². The van der Waals surface area contributed by atoms with E-state index in [4.69, 9.17) is 5.73 Å². The predicted octanol–water partition coefficient (Wildman–Crippen LogP) is 2.75. The molecule has 0 saturated carbocycles. The van der Waals surface area contributed by atoms with Gasteiger partial charge in [0, 0.05) is 31.5 Å². The molecule has 0 amide bonds. The van der Waals surface area contributed by atoms with Crippen LogP contribution < -0.4 is 16.0 Å². The highest BCUT2D eigenvalue weighted by Gasteiger charge is 2.09. The highest BCUT2D eigenvalue weighted by Crippen LogP contribution is 2.22. The van der Waals surface area contributed by atoms with Crippen LogP contribution >= 0.6 is 0 Å². The van der Waals surface area contributed by atoms with Gasteiger partial charge in [-0.15, -0.1) is 0 Å². The van der Waals surface area contributed by atoms with Crippen LogP contribution in [-0.2, 0) is 0 Å². The topological polar surface area (TPSA) is 54.2 Å². The van der Waals surface area contributed by atoms with E-state index in [0.29, 0.717) is 11.8 Å². The van der Waals surface area contributed by atoms with Gasteiger partial charge >= 0.3 is 0 Å². The van der Waals surface area contributed by atoms with Crippen LogP contribution in [0.4, 0.5) is 31.8 Å². The first kappa shape index (κ1) is 13.1. The van der Waals surface area contributed by atoms with Crippen molar-refractivity contribution in [2.75, 3.05) is 30.0 Å². The van der Waals surface area contributed by atoms with E-state index >= 15 is 0 Å². The summed E-state index contributed by atoms with van der Waals surface area (Å²) in [6.07, 6.45) is 0. The van der Waals surface area contributed by atoms with Crippen molar-refractivity contribution < 1.29 is 8.78 Å². The maximum atomic E-state index is 13.5. The lowest BCUT2D eigenvalue weighted by Crippen LogP contribution is -2.08. The normalized spacial score (nSPS) is 10.3. The first-order valence-electron chi connectivity index (χ1n) is 5.63. The van der Waals surface area contributed by atoms with Crippen molar-refractivity contribution in [1.29, 1.82) is 0 Å². The Bertz CT molecular complexity index is 582. The lowest BCUT2D eigenvalue weighted by Gasteiger charge is -2.13. The van der Waals surface area contributed by atoms with Crippen LogP contribution in [0.15, 0.2) is 30.3 Å². The molecule has 0 aliphatic heterocycles. The molecule has 0 unspecified atom stereocenters. The predicted molar refractivity (Wildman–Crippen MR) is 72.6 cm³/mol. The maximum absolute atomic E-state index is 13.5. The second kappa shape index (κ2) is 5.09. The molecule has 0 fully saturated rings. The van der Waals surface area contributed by atoms with Crippen LogP contribution in [0.25, 0.3) is 0 Å². The summed E-state index contributed by atoms with van der Waals surface area (Å²) in [6, 6.07) is 7.99. The fourth-order valence-corrected chi connectivity index (χ4v) is 1.55. The molecule has 0 spiro atoms. The molecule has 19 heavy (non-hydrogen) atoms. The van der Waals surface area contributed by atoms with Gasteiger partial charge in [0.1, 0.15) is 0 Å². The number of nitrogens with two attached hydrogens (primary N) is 1. The third-order valence-corrected chi connectivity index (χ3v) is 2.60. The van der Waals surface area contributed by atoms with Gasteiger partial charge in [0.25, 0.3) is 0 Å². The van der Waals surface area contributed by atoms with Crippen LogP contribution in [0, 0.1) is 11.6 Å². The average Bonchev–Trinajstić information content (AvgIpc) is 2.36. The number of hydrogen-bond acceptors (Lipinski definition) is 4. The average molecular weight is 264 g/mol. The number of nitrogens with one attached hydrogen (secondary N) is 1. The zero-order chi connectivity index (χ0) is 14.0. The van der Waals surface area contributed by atoms with E-state index in [1.807, 2.05) is 31.1 Å². The van der Waals surface area contributed by atoms with Crippen molar-refractivity contribution >= 4 is 23.0 Å². The summed E-state index contributed by atoms with van der Waals surface area (Å²) in [5.74, 6) is -2.10. The molecule has 0 radical (unpaired) electrons. The van der Waals surface area contributed by atoms with Crippen LogP contribution in [-0.4, -0.2) is 19.1 Å². The molecule has 2 rings (SSSR count). The fraction of sp³-hybridized carbons (Fsp3) is 0.154. The Labute approximate surface area is 109 Å². The molecule has 6 heteroatoms. The summed E-state index contributed by atoms with van der Waals surface area (Å²) in [4.78, 5) is 5.57. The Hall–Kier alpha value is -2.37. The number of pyridine rings is 1. The number of nitrogen functional groups attached to an aromatic ring is 1. The highest BCUT2D eigenvalue weighted by molar-refractivity contribution is 5.61. The molecule has 1 heterocycles. The summed E-state index contributed by atoms with van der Waals surface area (Å²) in [7, 11) is 3.84. The van der Waals surface area contributed by atoms with E-state index in [-0.39, 0.29) is 11.6 Å². The molecular weight excluding hydrogens is 250 g/mol. The third-order valence-electron chi connectivity index (χ3n) is 2.60. The number of aromatic nitrogens is 1. The minimum absolute atomic E-state index is 0.100. The van der Waals surface area contributed by atoms with Crippen molar-refractivity contribution in [3.63, 3.8) is 0 Å². The third kappa shape index (κ3) is 2.90. The number of hydrogen-bond donors (Lipinski definition) is 2. The van der Waals surface area contributed by atoms with Gasteiger partial charge in [-0.25, -0.2) is 13.8 Å². The van der Waals surface area contributed by atoms with Gasteiger partial charge < -0.3 is 16.0 Å². The Morgan fingerprint density at radius 1 is 1.11 bits per heavy atom. The number of benzene rings is 1. The van der Waals surface area contributed by atoms with Gasteiger partial charge in [-0.2, -0.15) is 0 Å². The molecule has 0 atom stereocenters. The van der Waals surface area contributed by atoms with Gasteiger partial charge in [-0.3, -0.25) is 0 Å². The first-order valence-corrected chi connectivity index (χ1v) is 5.63. The number of halogens is 2. The Morgan fingerprint density at radius 3 is 2.32 bits per heavy atom. The van der Waals surface area contributed by atoms with E-state index in [2.05, 4.69) is 10.3 Å².